The molecule has 2 saturated heterocycles. The number of nitrogens with zero attached hydrogens (tertiary/aromatic N) is 3. The van der Waals surface area contributed by atoms with Crippen molar-refractivity contribution in [2.75, 3.05) is 0 Å². The van der Waals surface area contributed by atoms with Crippen molar-refractivity contribution >= 4 is 5.91 Å². The lowest BCUT2D eigenvalue weighted by molar-refractivity contribution is -0.0504. The van der Waals surface area contributed by atoms with Gasteiger partial charge in [-0.3, -0.25) is 4.79 Å². The first-order valence-electron chi connectivity index (χ1n) is 10.2. The van der Waals surface area contributed by atoms with Gasteiger partial charge in [0.1, 0.15) is 17.0 Å². The lowest BCUT2D eigenvalue weighted by Gasteiger charge is -2.44. The Morgan fingerprint density at radius 2 is 1.87 bits per heavy atom. The molecule has 0 aliphatic carbocycles. The molecule has 2 aromatic heterocycles. The predicted octanol–water partition coefficient (Wildman–Crippen LogP) is 3.84. The van der Waals surface area contributed by atoms with Gasteiger partial charge in [0.25, 0.3) is 5.91 Å². The van der Waals surface area contributed by atoms with E-state index in [9.17, 15) is 14.3 Å². The monoisotopic (exact) mass is 407 g/mol. The van der Waals surface area contributed by atoms with Gasteiger partial charge in [-0.05, 0) is 25.8 Å². The highest BCUT2D eigenvalue weighted by molar-refractivity contribution is 6.01. The number of hydrogen-bond donors (Lipinski definition) is 1. The van der Waals surface area contributed by atoms with Crippen LogP contribution in [-0.2, 0) is 5.60 Å². The molecule has 2 aliphatic rings. The molecule has 2 bridgehead atoms. The SMILES string of the molecule is Cc1onc(-c2ccccc2)c1C(=O)N1C2CCC1CC(O)(c1cccnc1F)C2. The summed E-state index contributed by atoms with van der Waals surface area (Å²) in [4.78, 5) is 19.1. The number of piperidine rings is 1. The molecule has 0 radical (unpaired) electrons. The van der Waals surface area contributed by atoms with Gasteiger partial charge < -0.3 is 14.5 Å². The van der Waals surface area contributed by atoms with E-state index in [2.05, 4.69) is 10.1 Å². The predicted molar refractivity (Wildman–Crippen MR) is 107 cm³/mol. The van der Waals surface area contributed by atoms with E-state index in [4.69, 9.17) is 4.52 Å². The fraction of sp³-hybridized carbons (Fsp3) is 0.348. The molecule has 1 aromatic carbocycles. The van der Waals surface area contributed by atoms with Crippen LogP contribution in [0.15, 0.2) is 53.2 Å². The van der Waals surface area contributed by atoms with E-state index in [-0.39, 0.29) is 36.4 Å². The first kappa shape index (κ1) is 18.9. The maximum atomic E-state index is 14.3. The number of aliphatic hydroxyl groups is 1. The highest BCUT2D eigenvalue weighted by Gasteiger charge is 2.51. The molecule has 2 fully saturated rings. The molecule has 3 aromatic rings. The van der Waals surface area contributed by atoms with Crippen molar-refractivity contribution in [3.63, 3.8) is 0 Å². The molecule has 6 nitrogen and oxygen atoms in total. The third kappa shape index (κ3) is 2.92. The van der Waals surface area contributed by atoms with Crippen LogP contribution in [0.25, 0.3) is 11.3 Å². The number of pyridine rings is 1. The summed E-state index contributed by atoms with van der Waals surface area (Å²) in [6.07, 6.45) is 3.47. The number of halogens is 1. The summed E-state index contributed by atoms with van der Waals surface area (Å²) >= 11 is 0. The van der Waals surface area contributed by atoms with Gasteiger partial charge in [-0.25, -0.2) is 4.98 Å². The molecular weight excluding hydrogens is 385 g/mol. The van der Waals surface area contributed by atoms with Gasteiger partial charge in [-0.1, -0.05) is 41.6 Å². The summed E-state index contributed by atoms with van der Waals surface area (Å²) in [6, 6.07) is 12.3. The van der Waals surface area contributed by atoms with Crippen LogP contribution in [0.5, 0.6) is 0 Å². The maximum Gasteiger partial charge on any atom is 0.260 e. The molecule has 1 amide bonds. The summed E-state index contributed by atoms with van der Waals surface area (Å²) in [7, 11) is 0. The van der Waals surface area contributed by atoms with Crippen LogP contribution in [0.3, 0.4) is 0 Å². The van der Waals surface area contributed by atoms with E-state index >= 15 is 0 Å². The van der Waals surface area contributed by atoms with Gasteiger partial charge in [-0.2, -0.15) is 4.39 Å². The summed E-state index contributed by atoms with van der Waals surface area (Å²) in [5, 5.41) is 15.4. The van der Waals surface area contributed by atoms with E-state index in [1.54, 1.807) is 19.1 Å². The van der Waals surface area contributed by atoms with Crippen molar-refractivity contribution in [3.8, 4) is 11.3 Å². The Kier molecular flexibility index (Phi) is 4.43. The van der Waals surface area contributed by atoms with Crippen molar-refractivity contribution in [1.29, 1.82) is 0 Å². The van der Waals surface area contributed by atoms with Crippen molar-refractivity contribution in [1.82, 2.24) is 15.0 Å². The molecule has 30 heavy (non-hydrogen) atoms. The Labute approximate surface area is 173 Å². The Morgan fingerprint density at radius 3 is 2.53 bits per heavy atom. The fourth-order valence-electron chi connectivity index (χ4n) is 5.06. The third-order valence-electron chi connectivity index (χ3n) is 6.39. The normalized spacial score (nSPS) is 25.5. The summed E-state index contributed by atoms with van der Waals surface area (Å²) in [5.74, 6) is -0.327. The van der Waals surface area contributed by atoms with Crippen LogP contribution in [0.2, 0.25) is 0 Å². The largest absolute Gasteiger partial charge is 0.385 e. The van der Waals surface area contributed by atoms with Crippen molar-refractivity contribution in [3.05, 3.63) is 71.5 Å². The van der Waals surface area contributed by atoms with Gasteiger partial charge >= 0.3 is 0 Å². The van der Waals surface area contributed by atoms with Gasteiger partial charge in [0.05, 0.1) is 5.60 Å². The van der Waals surface area contributed by atoms with Gasteiger partial charge in [-0.15, -0.1) is 0 Å². The number of aryl methyl sites for hydroxylation is 1. The summed E-state index contributed by atoms with van der Waals surface area (Å²) in [5.41, 5.74) is 0.677. The quantitative estimate of drug-likeness (QED) is 0.668. The van der Waals surface area contributed by atoms with Gasteiger partial charge in [0.2, 0.25) is 5.95 Å². The van der Waals surface area contributed by atoms with Crippen molar-refractivity contribution < 1.29 is 18.8 Å². The third-order valence-corrected chi connectivity index (χ3v) is 6.39. The number of carbonyl (C=O) groups is 1. The molecule has 0 saturated carbocycles. The van der Waals surface area contributed by atoms with E-state index in [0.29, 0.717) is 17.0 Å². The molecule has 2 atom stereocenters. The first-order chi connectivity index (χ1) is 14.5. The van der Waals surface area contributed by atoms with E-state index in [1.165, 1.54) is 6.20 Å². The number of rotatable bonds is 3. The number of hydrogen-bond acceptors (Lipinski definition) is 5. The lowest BCUT2D eigenvalue weighted by atomic mass is 9.80. The molecule has 2 aliphatic heterocycles. The minimum Gasteiger partial charge on any atom is -0.385 e. The molecule has 4 heterocycles. The summed E-state index contributed by atoms with van der Waals surface area (Å²) in [6.45, 7) is 1.74. The Balaban J connectivity index is 1.48. The zero-order chi connectivity index (χ0) is 20.9. The minimum atomic E-state index is -1.33. The zero-order valence-corrected chi connectivity index (χ0v) is 16.6. The highest BCUT2D eigenvalue weighted by atomic mass is 19.1. The van der Waals surface area contributed by atoms with Crippen LogP contribution in [0, 0.1) is 12.9 Å². The second-order valence-corrected chi connectivity index (χ2v) is 8.21. The number of benzene rings is 1. The number of fused-ring (bicyclic) bond motifs is 2. The lowest BCUT2D eigenvalue weighted by Crippen LogP contribution is -2.52. The number of aromatic nitrogens is 2. The maximum absolute atomic E-state index is 14.3. The van der Waals surface area contributed by atoms with Crippen molar-refractivity contribution in [2.45, 2.75) is 50.3 Å². The average Bonchev–Trinajstić information content (AvgIpc) is 3.26. The van der Waals surface area contributed by atoms with E-state index in [0.717, 1.165) is 18.4 Å². The molecule has 5 rings (SSSR count). The Hall–Kier alpha value is -3.06. The van der Waals surface area contributed by atoms with E-state index in [1.807, 2.05) is 35.2 Å². The summed E-state index contributed by atoms with van der Waals surface area (Å²) < 4.78 is 19.7. The second kappa shape index (κ2) is 7.02. The van der Waals surface area contributed by atoms with Gasteiger partial charge in [0, 0.05) is 42.2 Å². The fourth-order valence-corrected chi connectivity index (χ4v) is 5.06. The second-order valence-electron chi connectivity index (χ2n) is 8.21. The molecular formula is C23H22FN3O3. The molecule has 1 N–H and O–H groups in total. The topological polar surface area (TPSA) is 79.5 Å². The van der Waals surface area contributed by atoms with Crippen LogP contribution in [0.4, 0.5) is 4.39 Å². The van der Waals surface area contributed by atoms with Crippen molar-refractivity contribution in [2.24, 2.45) is 0 Å². The average molecular weight is 407 g/mol. The van der Waals surface area contributed by atoms with Gasteiger partial charge in [0.15, 0.2) is 0 Å². The zero-order valence-electron chi connectivity index (χ0n) is 16.6. The van der Waals surface area contributed by atoms with Crippen LogP contribution in [0.1, 0.15) is 47.4 Å². The van der Waals surface area contributed by atoms with Crippen LogP contribution < -0.4 is 0 Å². The molecule has 7 heteroatoms. The molecule has 154 valence electrons. The highest BCUT2D eigenvalue weighted by Crippen LogP contribution is 2.47. The Bertz CT molecular complexity index is 1080. The Morgan fingerprint density at radius 1 is 1.17 bits per heavy atom. The smallest absolute Gasteiger partial charge is 0.260 e. The molecule has 2 unspecified atom stereocenters. The van der Waals surface area contributed by atoms with E-state index < -0.39 is 11.5 Å². The minimum absolute atomic E-state index is 0.145. The van der Waals surface area contributed by atoms with Crippen LogP contribution >= 0.6 is 0 Å². The van der Waals surface area contributed by atoms with Crippen LogP contribution in [-0.4, -0.2) is 38.1 Å². The standard InChI is InChI=1S/C23H22FN3O3/c1-14-19(20(26-30-14)15-6-3-2-4-7-15)22(28)27-16-9-10-17(27)13-23(29,12-16)18-8-5-11-25-21(18)24/h2-8,11,16-17,29H,9-10,12-13H2,1H3. The number of carbonyl (C=O) groups excluding carboxylic acids is 1. The first-order valence-corrected chi connectivity index (χ1v) is 10.2. The number of amides is 1. The molecule has 0 spiro atoms.